The first-order chi connectivity index (χ1) is 12.4. The summed E-state index contributed by atoms with van der Waals surface area (Å²) in [6.45, 7) is 0. The zero-order valence-corrected chi connectivity index (χ0v) is 13.8. The number of alkyl halides is 3. The molecule has 1 N–H and O–H groups in total. The number of halogens is 4. The van der Waals surface area contributed by atoms with Gasteiger partial charge in [0.15, 0.2) is 5.69 Å². The maximum absolute atomic E-state index is 12.8. The van der Waals surface area contributed by atoms with Gasteiger partial charge in [0.25, 0.3) is 0 Å². The van der Waals surface area contributed by atoms with Crippen LogP contribution in [-0.2, 0) is 6.18 Å². The highest BCUT2D eigenvalue weighted by atomic mass is 35.5. The number of nitrogens with one attached hydrogen (secondary N) is 1. The summed E-state index contributed by atoms with van der Waals surface area (Å²) < 4.78 is 38.4. The molecule has 3 aromatic rings. The minimum Gasteiger partial charge on any atom is -0.196 e. The van der Waals surface area contributed by atoms with Gasteiger partial charge in [-0.25, -0.2) is 0 Å². The summed E-state index contributed by atoms with van der Waals surface area (Å²) in [4.78, 5) is 0. The van der Waals surface area contributed by atoms with E-state index >= 15 is 0 Å². The third kappa shape index (κ3) is 3.60. The van der Waals surface area contributed by atoms with E-state index in [-0.39, 0.29) is 5.69 Å². The molecule has 0 aliphatic carbocycles. The molecule has 130 valence electrons. The molecular weight excluding hydrogens is 365 g/mol. The van der Waals surface area contributed by atoms with Crippen LogP contribution >= 0.6 is 11.6 Å². The van der Waals surface area contributed by atoms with Crippen molar-refractivity contribution in [2.24, 2.45) is 0 Å². The predicted octanol–water partition coefficient (Wildman–Crippen LogP) is 5.19. The quantitative estimate of drug-likeness (QED) is 0.642. The molecule has 0 saturated carbocycles. The molecule has 1 heterocycles. The Kier molecular flexibility index (Phi) is 4.78. The van der Waals surface area contributed by atoms with Crippen molar-refractivity contribution in [3.05, 3.63) is 69.9 Å². The van der Waals surface area contributed by atoms with Crippen molar-refractivity contribution in [2.75, 3.05) is 0 Å². The molecule has 0 aliphatic heterocycles. The Balaban J connectivity index is 1.96. The molecule has 0 fully saturated rings. The van der Waals surface area contributed by atoms with Gasteiger partial charge >= 0.3 is 6.18 Å². The van der Waals surface area contributed by atoms with Gasteiger partial charge in [0, 0.05) is 5.56 Å². The van der Waals surface area contributed by atoms with Gasteiger partial charge in [0.1, 0.15) is 11.8 Å². The fourth-order valence-corrected chi connectivity index (χ4v) is 2.64. The number of hydrogen-bond donors (Lipinski definition) is 1. The molecule has 0 aliphatic rings. The normalized spacial score (nSPS) is 11.7. The Morgan fingerprint density at radius 2 is 1.85 bits per heavy atom. The Morgan fingerprint density at radius 1 is 1.08 bits per heavy atom. The number of aromatic amines is 1. The van der Waals surface area contributed by atoms with E-state index in [0.29, 0.717) is 27.4 Å². The van der Waals surface area contributed by atoms with E-state index in [2.05, 4.69) is 15.4 Å². The minimum atomic E-state index is -4.40. The monoisotopic (exact) mass is 374 g/mol. The van der Waals surface area contributed by atoms with Crippen LogP contribution in [-0.4, -0.2) is 15.4 Å². The SMILES string of the molecule is N#Cc1n[nH]nc1-c1cccc(/C=C/c2cccc(C(F)(F)F)c2)c1Cl. The second kappa shape index (κ2) is 7.02. The number of H-pyrrole nitrogens is 1. The lowest BCUT2D eigenvalue weighted by Crippen LogP contribution is -2.04. The van der Waals surface area contributed by atoms with Crippen LogP contribution in [0.2, 0.25) is 5.02 Å². The molecule has 2 aromatic carbocycles. The topological polar surface area (TPSA) is 65.4 Å². The van der Waals surface area contributed by atoms with Crippen LogP contribution in [0, 0.1) is 11.3 Å². The lowest BCUT2D eigenvalue weighted by Gasteiger charge is -2.07. The van der Waals surface area contributed by atoms with Crippen molar-refractivity contribution >= 4 is 23.8 Å². The highest BCUT2D eigenvalue weighted by Crippen LogP contribution is 2.32. The van der Waals surface area contributed by atoms with Crippen LogP contribution in [0.1, 0.15) is 22.4 Å². The standard InChI is InChI=1S/C18H10ClF3N4/c19-16-12(4-2-6-14(16)17-15(10-23)24-26-25-17)8-7-11-3-1-5-13(9-11)18(20,21)22/h1-9H,(H,24,25,26)/b8-7+. The zero-order chi connectivity index (χ0) is 18.7. The van der Waals surface area contributed by atoms with Gasteiger partial charge in [-0.3, -0.25) is 0 Å². The van der Waals surface area contributed by atoms with Crippen LogP contribution in [0.25, 0.3) is 23.4 Å². The molecule has 8 heteroatoms. The van der Waals surface area contributed by atoms with Gasteiger partial charge < -0.3 is 0 Å². The van der Waals surface area contributed by atoms with E-state index in [0.717, 1.165) is 12.1 Å². The Bertz CT molecular complexity index is 1020. The van der Waals surface area contributed by atoms with Crippen LogP contribution in [0.15, 0.2) is 42.5 Å². The van der Waals surface area contributed by atoms with E-state index in [9.17, 15) is 13.2 Å². The molecule has 0 atom stereocenters. The van der Waals surface area contributed by atoms with Gasteiger partial charge in [0.05, 0.1) is 10.6 Å². The van der Waals surface area contributed by atoms with Crippen LogP contribution < -0.4 is 0 Å². The van der Waals surface area contributed by atoms with E-state index in [1.54, 1.807) is 30.3 Å². The molecule has 0 amide bonds. The van der Waals surface area contributed by atoms with Crippen molar-refractivity contribution in [3.63, 3.8) is 0 Å². The van der Waals surface area contributed by atoms with E-state index in [1.807, 2.05) is 6.07 Å². The van der Waals surface area contributed by atoms with Gasteiger partial charge in [-0.2, -0.15) is 28.7 Å². The maximum Gasteiger partial charge on any atom is 0.416 e. The lowest BCUT2D eigenvalue weighted by molar-refractivity contribution is -0.137. The summed E-state index contributed by atoms with van der Waals surface area (Å²) in [6, 6.07) is 12.0. The van der Waals surface area contributed by atoms with Crippen molar-refractivity contribution in [1.82, 2.24) is 15.4 Å². The highest BCUT2D eigenvalue weighted by molar-refractivity contribution is 6.34. The summed E-state index contributed by atoms with van der Waals surface area (Å²) in [5, 5.41) is 19.4. The largest absolute Gasteiger partial charge is 0.416 e. The molecule has 0 spiro atoms. The van der Waals surface area contributed by atoms with Crippen molar-refractivity contribution in [3.8, 4) is 17.3 Å². The number of nitriles is 1. The van der Waals surface area contributed by atoms with Gasteiger partial charge in [-0.05, 0) is 23.3 Å². The summed E-state index contributed by atoms with van der Waals surface area (Å²) in [6.07, 6.45) is -1.26. The maximum atomic E-state index is 12.8. The fraction of sp³-hybridized carbons (Fsp3) is 0.0556. The van der Waals surface area contributed by atoms with Crippen LogP contribution in [0.4, 0.5) is 13.2 Å². The summed E-state index contributed by atoms with van der Waals surface area (Å²) in [5.41, 5.74) is 1.16. The third-order valence-electron chi connectivity index (χ3n) is 3.61. The molecule has 0 bridgehead atoms. The van der Waals surface area contributed by atoms with Gasteiger partial charge in [0.2, 0.25) is 0 Å². The van der Waals surface area contributed by atoms with E-state index in [1.165, 1.54) is 12.1 Å². The first-order valence-corrected chi connectivity index (χ1v) is 7.73. The second-order valence-electron chi connectivity index (χ2n) is 5.30. The Hall–Kier alpha value is -3.11. The first kappa shape index (κ1) is 17.7. The van der Waals surface area contributed by atoms with E-state index in [4.69, 9.17) is 16.9 Å². The Labute approximate surface area is 151 Å². The predicted molar refractivity (Wildman–Crippen MR) is 91.9 cm³/mol. The van der Waals surface area contributed by atoms with Gasteiger partial charge in [-0.1, -0.05) is 54.1 Å². The Morgan fingerprint density at radius 3 is 2.58 bits per heavy atom. The summed E-state index contributed by atoms with van der Waals surface area (Å²) in [5.74, 6) is 0. The zero-order valence-electron chi connectivity index (χ0n) is 13.0. The number of aromatic nitrogens is 3. The van der Waals surface area contributed by atoms with E-state index < -0.39 is 11.7 Å². The minimum absolute atomic E-state index is 0.103. The molecule has 4 nitrogen and oxygen atoms in total. The van der Waals surface area contributed by atoms with Crippen LogP contribution in [0.3, 0.4) is 0 Å². The number of benzene rings is 2. The van der Waals surface area contributed by atoms with Crippen molar-refractivity contribution in [1.29, 1.82) is 5.26 Å². The molecule has 0 radical (unpaired) electrons. The van der Waals surface area contributed by atoms with Crippen molar-refractivity contribution in [2.45, 2.75) is 6.18 Å². The first-order valence-electron chi connectivity index (χ1n) is 7.35. The smallest absolute Gasteiger partial charge is 0.196 e. The molecule has 0 unspecified atom stereocenters. The van der Waals surface area contributed by atoms with Gasteiger partial charge in [-0.15, -0.1) is 5.10 Å². The fourth-order valence-electron chi connectivity index (χ4n) is 2.36. The number of hydrogen-bond acceptors (Lipinski definition) is 3. The highest BCUT2D eigenvalue weighted by Gasteiger charge is 2.30. The summed E-state index contributed by atoms with van der Waals surface area (Å²) in [7, 11) is 0. The third-order valence-corrected chi connectivity index (χ3v) is 4.03. The van der Waals surface area contributed by atoms with Crippen molar-refractivity contribution < 1.29 is 13.2 Å². The second-order valence-corrected chi connectivity index (χ2v) is 5.68. The average Bonchev–Trinajstić information content (AvgIpc) is 3.09. The summed E-state index contributed by atoms with van der Waals surface area (Å²) >= 11 is 6.38. The van der Waals surface area contributed by atoms with Crippen LogP contribution in [0.5, 0.6) is 0 Å². The number of rotatable bonds is 3. The molecule has 1 aromatic heterocycles. The molecular formula is C18H10ClF3N4. The lowest BCUT2D eigenvalue weighted by atomic mass is 10.0. The molecule has 0 saturated heterocycles. The average molecular weight is 375 g/mol. The number of nitrogens with zero attached hydrogens (tertiary/aromatic N) is 3. The molecule has 3 rings (SSSR count). The molecule has 26 heavy (non-hydrogen) atoms.